The molecule has 0 radical (unpaired) electrons. The molecule has 1 N–H and O–H groups in total. The Morgan fingerprint density at radius 1 is 1.38 bits per heavy atom. The summed E-state index contributed by atoms with van der Waals surface area (Å²) in [5.74, 6) is 1.53. The number of rotatable bonds is 1. The van der Waals surface area contributed by atoms with E-state index in [0.717, 1.165) is 22.6 Å². The summed E-state index contributed by atoms with van der Waals surface area (Å²) in [7, 11) is 0. The number of aliphatic hydroxyl groups is 1. The van der Waals surface area contributed by atoms with Gasteiger partial charge in [0.1, 0.15) is 0 Å². The maximum Gasteiger partial charge on any atom is 0.231 e. The van der Waals surface area contributed by atoms with Crippen molar-refractivity contribution in [2.75, 3.05) is 6.79 Å². The van der Waals surface area contributed by atoms with Crippen LogP contribution in [0.4, 0.5) is 0 Å². The smallest absolute Gasteiger partial charge is 0.231 e. The van der Waals surface area contributed by atoms with E-state index in [1.807, 2.05) is 19.1 Å². The highest BCUT2D eigenvalue weighted by Gasteiger charge is 2.17. The predicted molar refractivity (Wildman–Crippen MR) is 47.9 cm³/mol. The Morgan fingerprint density at radius 3 is 2.85 bits per heavy atom. The number of hydrogen-bond acceptors (Lipinski definition) is 3. The van der Waals surface area contributed by atoms with Crippen LogP contribution in [0.25, 0.3) is 0 Å². The maximum atomic E-state index is 9.38. The lowest BCUT2D eigenvalue weighted by molar-refractivity contribution is 0.173. The molecular formula is C10H12O3. The first-order valence-corrected chi connectivity index (χ1v) is 4.26. The van der Waals surface area contributed by atoms with E-state index in [9.17, 15) is 5.11 Å². The Balaban J connectivity index is 2.49. The van der Waals surface area contributed by atoms with Gasteiger partial charge in [-0.2, -0.15) is 0 Å². The van der Waals surface area contributed by atoms with Crippen LogP contribution >= 0.6 is 0 Å². The topological polar surface area (TPSA) is 38.7 Å². The summed E-state index contributed by atoms with van der Waals surface area (Å²) >= 11 is 0. The van der Waals surface area contributed by atoms with Gasteiger partial charge in [-0.1, -0.05) is 0 Å². The van der Waals surface area contributed by atoms with Crippen molar-refractivity contribution in [2.24, 2.45) is 0 Å². The van der Waals surface area contributed by atoms with Crippen LogP contribution in [-0.4, -0.2) is 11.9 Å². The number of ether oxygens (including phenoxy) is 2. The monoisotopic (exact) mass is 180 g/mol. The third-order valence-corrected chi connectivity index (χ3v) is 2.16. The zero-order valence-electron chi connectivity index (χ0n) is 7.70. The van der Waals surface area contributed by atoms with Gasteiger partial charge in [-0.3, -0.25) is 0 Å². The van der Waals surface area contributed by atoms with Gasteiger partial charge in [0.05, 0.1) is 6.10 Å². The van der Waals surface area contributed by atoms with E-state index in [1.165, 1.54) is 0 Å². The molecule has 0 amide bonds. The second-order valence-electron chi connectivity index (χ2n) is 3.25. The Kier molecular flexibility index (Phi) is 1.88. The molecule has 0 saturated carbocycles. The van der Waals surface area contributed by atoms with Crippen LogP contribution in [0.5, 0.6) is 11.5 Å². The fraction of sp³-hybridized carbons (Fsp3) is 0.400. The first-order chi connectivity index (χ1) is 6.18. The highest BCUT2D eigenvalue weighted by molar-refractivity contribution is 5.50. The van der Waals surface area contributed by atoms with E-state index in [1.54, 1.807) is 6.92 Å². The second-order valence-corrected chi connectivity index (χ2v) is 3.25. The number of hydrogen-bond donors (Lipinski definition) is 1. The molecule has 3 nitrogen and oxygen atoms in total. The first-order valence-electron chi connectivity index (χ1n) is 4.26. The lowest BCUT2D eigenvalue weighted by atomic mass is 10.1. The average Bonchev–Trinajstić information content (AvgIpc) is 2.51. The van der Waals surface area contributed by atoms with Crippen molar-refractivity contribution < 1.29 is 14.6 Å². The van der Waals surface area contributed by atoms with Gasteiger partial charge in [0.25, 0.3) is 0 Å². The summed E-state index contributed by atoms with van der Waals surface area (Å²) < 4.78 is 10.5. The summed E-state index contributed by atoms with van der Waals surface area (Å²) in [6.07, 6.45) is -0.465. The van der Waals surface area contributed by atoms with E-state index in [2.05, 4.69) is 0 Å². The van der Waals surface area contributed by atoms with Crippen LogP contribution in [0.2, 0.25) is 0 Å². The minimum absolute atomic E-state index is 0.277. The van der Waals surface area contributed by atoms with Crippen molar-refractivity contribution in [3.63, 3.8) is 0 Å². The molecule has 0 aromatic heterocycles. The number of fused-ring (bicyclic) bond motifs is 1. The lowest BCUT2D eigenvalue weighted by Gasteiger charge is -2.07. The van der Waals surface area contributed by atoms with E-state index >= 15 is 0 Å². The molecule has 1 atom stereocenters. The first kappa shape index (κ1) is 8.38. The highest BCUT2D eigenvalue weighted by atomic mass is 16.7. The third kappa shape index (κ3) is 1.35. The van der Waals surface area contributed by atoms with Crippen LogP contribution in [0, 0.1) is 6.92 Å². The molecule has 2 rings (SSSR count). The molecule has 70 valence electrons. The third-order valence-electron chi connectivity index (χ3n) is 2.16. The summed E-state index contributed by atoms with van der Waals surface area (Å²) in [5.41, 5.74) is 1.87. The van der Waals surface area contributed by atoms with Crippen molar-refractivity contribution in [3.8, 4) is 11.5 Å². The Labute approximate surface area is 76.9 Å². The molecule has 13 heavy (non-hydrogen) atoms. The van der Waals surface area contributed by atoms with E-state index < -0.39 is 6.10 Å². The fourth-order valence-corrected chi connectivity index (χ4v) is 1.45. The van der Waals surface area contributed by atoms with Gasteiger partial charge in [-0.15, -0.1) is 0 Å². The molecule has 1 heterocycles. The predicted octanol–water partition coefficient (Wildman–Crippen LogP) is 1.78. The molecule has 1 aliphatic heterocycles. The lowest BCUT2D eigenvalue weighted by Crippen LogP contribution is -1.93. The summed E-state index contributed by atoms with van der Waals surface area (Å²) in [5, 5.41) is 9.38. The number of aliphatic hydroxyl groups excluding tert-OH is 1. The van der Waals surface area contributed by atoms with Gasteiger partial charge in [-0.05, 0) is 37.1 Å². The Bertz CT molecular complexity index is 331. The molecule has 1 aromatic carbocycles. The average molecular weight is 180 g/mol. The van der Waals surface area contributed by atoms with Crippen LogP contribution in [-0.2, 0) is 0 Å². The quantitative estimate of drug-likeness (QED) is 0.715. The molecule has 0 saturated heterocycles. The molecule has 1 aromatic rings. The molecule has 1 unspecified atom stereocenters. The molecule has 3 heteroatoms. The van der Waals surface area contributed by atoms with Crippen LogP contribution in [0.15, 0.2) is 12.1 Å². The summed E-state index contributed by atoms with van der Waals surface area (Å²) in [6.45, 7) is 3.95. The van der Waals surface area contributed by atoms with E-state index in [4.69, 9.17) is 9.47 Å². The van der Waals surface area contributed by atoms with Gasteiger partial charge >= 0.3 is 0 Å². The maximum absolute atomic E-state index is 9.38. The van der Waals surface area contributed by atoms with Crippen molar-refractivity contribution in [3.05, 3.63) is 23.3 Å². The molecule has 1 aliphatic rings. The minimum Gasteiger partial charge on any atom is -0.454 e. The Hall–Kier alpha value is -1.22. The van der Waals surface area contributed by atoms with Gasteiger partial charge in [0, 0.05) is 0 Å². The van der Waals surface area contributed by atoms with Gasteiger partial charge < -0.3 is 14.6 Å². The van der Waals surface area contributed by atoms with Gasteiger partial charge in [-0.25, -0.2) is 0 Å². The largest absolute Gasteiger partial charge is 0.454 e. The zero-order valence-corrected chi connectivity index (χ0v) is 7.70. The van der Waals surface area contributed by atoms with E-state index in [-0.39, 0.29) is 6.79 Å². The van der Waals surface area contributed by atoms with Crippen LogP contribution in [0.1, 0.15) is 24.2 Å². The normalized spacial score (nSPS) is 15.9. The standard InChI is InChI=1S/C10H12O3/c1-6-3-8(7(2)11)4-9-10(6)13-5-12-9/h3-4,7,11H,5H2,1-2H3. The number of aryl methyl sites for hydroxylation is 1. The zero-order chi connectivity index (χ0) is 9.42. The minimum atomic E-state index is -0.465. The Morgan fingerprint density at radius 2 is 2.15 bits per heavy atom. The van der Waals surface area contributed by atoms with Crippen molar-refractivity contribution in [1.29, 1.82) is 0 Å². The summed E-state index contributed by atoms with van der Waals surface area (Å²) in [6, 6.07) is 3.73. The fourth-order valence-electron chi connectivity index (χ4n) is 1.45. The molecule has 0 fully saturated rings. The highest BCUT2D eigenvalue weighted by Crippen LogP contribution is 2.37. The van der Waals surface area contributed by atoms with Crippen molar-refractivity contribution in [2.45, 2.75) is 20.0 Å². The van der Waals surface area contributed by atoms with E-state index in [0.29, 0.717) is 0 Å². The summed E-state index contributed by atoms with van der Waals surface area (Å²) in [4.78, 5) is 0. The van der Waals surface area contributed by atoms with Crippen LogP contribution < -0.4 is 9.47 Å². The second kappa shape index (κ2) is 2.92. The number of benzene rings is 1. The van der Waals surface area contributed by atoms with Crippen molar-refractivity contribution >= 4 is 0 Å². The molecular weight excluding hydrogens is 168 g/mol. The molecule has 0 spiro atoms. The molecule has 0 aliphatic carbocycles. The van der Waals surface area contributed by atoms with Crippen LogP contribution in [0.3, 0.4) is 0 Å². The SMILES string of the molecule is Cc1cc(C(C)O)cc2c1OCO2. The van der Waals surface area contributed by atoms with Crippen molar-refractivity contribution in [1.82, 2.24) is 0 Å². The molecule has 0 bridgehead atoms. The van der Waals surface area contributed by atoms with Gasteiger partial charge in [0.2, 0.25) is 6.79 Å². The van der Waals surface area contributed by atoms with Gasteiger partial charge in [0.15, 0.2) is 11.5 Å².